The van der Waals surface area contributed by atoms with Gasteiger partial charge in [0.15, 0.2) is 0 Å². The first kappa shape index (κ1) is 18.3. The van der Waals surface area contributed by atoms with Crippen molar-refractivity contribution in [2.24, 2.45) is 0 Å². The number of hydrogen-bond donors (Lipinski definition) is 1. The van der Waals surface area contributed by atoms with Crippen LogP contribution >= 0.6 is 23.1 Å². The summed E-state index contributed by atoms with van der Waals surface area (Å²) in [6.45, 7) is 2.47. The summed E-state index contributed by atoms with van der Waals surface area (Å²) in [7, 11) is 0. The molecule has 3 rings (SSSR count). The third-order valence-electron chi connectivity index (χ3n) is 4.13. The molecule has 0 bridgehead atoms. The smallest absolute Gasteiger partial charge is 0.290 e. The van der Waals surface area contributed by atoms with Gasteiger partial charge in [0.1, 0.15) is 5.03 Å². The lowest BCUT2D eigenvalue weighted by Gasteiger charge is -2.27. The Morgan fingerprint density at radius 1 is 1.32 bits per heavy atom. The molecular formula is C17H19F2N3OS2. The fourth-order valence-corrected chi connectivity index (χ4v) is 4.41. The molecule has 2 aromatic heterocycles. The monoisotopic (exact) mass is 383 g/mol. The van der Waals surface area contributed by atoms with Crippen molar-refractivity contribution < 1.29 is 13.6 Å². The molecule has 134 valence electrons. The number of pyridine rings is 1. The number of thiophene rings is 1. The molecule has 4 nitrogen and oxygen atoms in total. The van der Waals surface area contributed by atoms with Crippen LogP contribution in [0.3, 0.4) is 0 Å². The maximum Gasteiger partial charge on any atom is 0.290 e. The van der Waals surface area contributed by atoms with E-state index in [0.29, 0.717) is 18.3 Å². The Balaban J connectivity index is 1.70. The molecule has 8 heteroatoms. The van der Waals surface area contributed by atoms with Crippen LogP contribution in [0.1, 0.15) is 34.1 Å². The molecule has 1 atom stereocenters. The molecule has 0 spiro atoms. The van der Waals surface area contributed by atoms with E-state index in [4.69, 9.17) is 0 Å². The van der Waals surface area contributed by atoms with Crippen LogP contribution in [0.15, 0.2) is 40.9 Å². The number of carbonyl (C=O) groups excluding carboxylic acids is 1. The maximum absolute atomic E-state index is 12.7. The van der Waals surface area contributed by atoms with Gasteiger partial charge < -0.3 is 5.32 Å². The third-order valence-corrected chi connectivity index (χ3v) is 5.83. The van der Waals surface area contributed by atoms with Crippen molar-refractivity contribution in [2.75, 3.05) is 19.6 Å². The summed E-state index contributed by atoms with van der Waals surface area (Å²) in [5.74, 6) is -2.97. The van der Waals surface area contributed by atoms with E-state index < -0.39 is 5.76 Å². The minimum Gasteiger partial charge on any atom is -0.350 e. The fourth-order valence-electron chi connectivity index (χ4n) is 2.97. The van der Waals surface area contributed by atoms with Crippen LogP contribution in [0, 0.1) is 0 Å². The van der Waals surface area contributed by atoms with Gasteiger partial charge in [-0.15, -0.1) is 11.3 Å². The maximum atomic E-state index is 12.7. The van der Waals surface area contributed by atoms with Crippen molar-refractivity contribution in [3.8, 4) is 0 Å². The summed E-state index contributed by atoms with van der Waals surface area (Å²) in [4.78, 5) is 20.0. The molecule has 0 saturated carbocycles. The Kier molecular flexibility index (Phi) is 6.39. The molecule has 3 heterocycles. The lowest BCUT2D eigenvalue weighted by atomic mass is 10.2. The van der Waals surface area contributed by atoms with Gasteiger partial charge in [0.2, 0.25) is 0 Å². The third kappa shape index (κ3) is 4.77. The molecule has 1 saturated heterocycles. The quantitative estimate of drug-likeness (QED) is 0.734. The normalized spacial score (nSPS) is 16.3. The number of nitrogens with one attached hydrogen (secondary N) is 1. The minimum atomic E-state index is -2.61. The van der Waals surface area contributed by atoms with Crippen LogP contribution in [0.2, 0.25) is 0 Å². The Morgan fingerprint density at radius 3 is 2.80 bits per heavy atom. The van der Waals surface area contributed by atoms with E-state index in [0.717, 1.165) is 25.9 Å². The number of likely N-dealkylation sites (tertiary alicyclic amines) is 1. The standard InChI is InChI=1S/C17H19F2N3OS2/c18-17(19)25-16-12(5-3-7-20-16)15(23)21-11-13(14-6-4-10-24-14)22-8-1-2-9-22/h3-7,10,13,17H,1-2,8-9,11H2,(H,21,23). The molecule has 1 amide bonds. The van der Waals surface area contributed by atoms with E-state index in [1.165, 1.54) is 17.1 Å². The minimum absolute atomic E-state index is 0.0591. The highest BCUT2D eigenvalue weighted by Gasteiger charge is 2.25. The van der Waals surface area contributed by atoms with Crippen LogP contribution in [0.5, 0.6) is 0 Å². The second-order valence-corrected chi connectivity index (χ2v) is 7.68. The molecular weight excluding hydrogens is 364 g/mol. The van der Waals surface area contributed by atoms with E-state index in [2.05, 4.69) is 21.3 Å². The predicted octanol–water partition coefficient (Wildman–Crippen LogP) is 4.02. The van der Waals surface area contributed by atoms with E-state index in [-0.39, 0.29) is 22.5 Å². The van der Waals surface area contributed by atoms with Gasteiger partial charge in [-0.05, 0) is 61.3 Å². The van der Waals surface area contributed by atoms with Gasteiger partial charge in [0.05, 0.1) is 11.6 Å². The number of amides is 1. The summed E-state index contributed by atoms with van der Waals surface area (Å²) in [6.07, 6.45) is 3.74. The number of hydrogen-bond acceptors (Lipinski definition) is 5. The summed E-state index contributed by atoms with van der Waals surface area (Å²) in [5, 5.41) is 4.99. The highest BCUT2D eigenvalue weighted by Crippen LogP contribution is 2.29. The van der Waals surface area contributed by atoms with Crippen LogP contribution in [-0.4, -0.2) is 41.2 Å². The van der Waals surface area contributed by atoms with Gasteiger partial charge in [-0.3, -0.25) is 9.69 Å². The number of rotatable bonds is 7. The van der Waals surface area contributed by atoms with Crippen LogP contribution in [0.4, 0.5) is 8.78 Å². The predicted molar refractivity (Wildman–Crippen MR) is 96.3 cm³/mol. The SMILES string of the molecule is O=C(NCC(c1cccs1)N1CCCC1)c1cccnc1SC(F)F. The summed E-state index contributed by atoms with van der Waals surface area (Å²) in [5.41, 5.74) is 0.194. The van der Waals surface area contributed by atoms with Crippen molar-refractivity contribution in [1.82, 2.24) is 15.2 Å². The Labute approximate surface area is 153 Å². The first-order chi connectivity index (χ1) is 12.1. The van der Waals surface area contributed by atoms with Crippen LogP contribution < -0.4 is 5.32 Å². The van der Waals surface area contributed by atoms with Gasteiger partial charge in [0.25, 0.3) is 11.7 Å². The lowest BCUT2D eigenvalue weighted by molar-refractivity contribution is 0.0934. The first-order valence-corrected chi connectivity index (χ1v) is 9.86. The Hall–Kier alpha value is -1.51. The second-order valence-electron chi connectivity index (χ2n) is 5.72. The van der Waals surface area contributed by atoms with Gasteiger partial charge in [-0.1, -0.05) is 6.07 Å². The van der Waals surface area contributed by atoms with E-state index in [9.17, 15) is 13.6 Å². The van der Waals surface area contributed by atoms with E-state index in [1.807, 2.05) is 11.4 Å². The highest BCUT2D eigenvalue weighted by molar-refractivity contribution is 7.99. The van der Waals surface area contributed by atoms with Gasteiger partial charge in [-0.25, -0.2) is 4.98 Å². The van der Waals surface area contributed by atoms with E-state index >= 15 is 0 Å². The zero-order valence-corrected chi connectivity index (χ0v) is 15.2. The van der Waals surface area contributed by atoms with Gasteiger partial charge >= 0.3 is 0 Å². The van der Waals surface area contributed by atoms with Crippen LogP contribution in [-0.2, 0) is 0 Å². The molecule has 1 unspecified atom stereocenters. The molecule has 0 aromatic carbocycles. The van der Waals surface area contributed by atoms with Gasteiger partial charge in [-0.2, -0.15) is 8.78 Å². The average Bonchev–Trinajstić information content (AvgIpc) is 3.29. The number of carbonyl (C=O) groups is 1. The molecule has 1 fully saturated rings. The van der Waals surface area contributed by atoms with Crippen molar-refractivity contribution in [3.63, 3.8) is 0 Å². The topological polar surface area (TPSA) is 45.2 Å². The highest BCUT2D eigenvalue weighted by atomic mass is 32.2. The summed E-state index contributed by atoms with van der Waals surface area (Å²) >= 11 is 1.97. The van der Waals surface area contributed by atoms with Crippen molar-refractivity contribution in [3.05, 3.63) is 46.3 Å². The molecule has 25 heavy (non-hydrogen) atoms. The number of nitrogens with zero attached hydrogens (tertiary/aromatic N) is 2. The Bertz CT molecular complexity index is 691. The molecule has 2 aromatic rings. The van der Waals surface area contributed by atoms with Gasteiger partial charge in [0, 0.05) is 17.6 Å². The zero-order chi connectivity index (χ0) is 17.6. The number of halogens is 2. The number of thioether (sulfide) groups is 1. The molecule has 0 aliphatic carbocycles. The fraction of sp³-hybridized carbons (Fsp3) is 0.412. The second kappa shape index (κ2) is 8.73. The van der Waals surface area contributed by atoms with Crippen LogP contribution in [0.25, 0.3) is 0 Å². The average molecular weight is 383 g/mol. The van der Waals surface area contributed by atoms with Crippen molar-refractivity contribution in [2.45, 2.75) is 29.7 Å². The largest absolute Gasteiger partial charge is 0.350 e. The van der Waals surface area contributed by atoms with E-state index in [1.54, 1.807) is 17.4 Å². The molecule has 0 radical (unpaired) electrons. The Morgan fingerprint density at radius 2 is 2.12 bits per heavy atom. The summed E-state index contributed by atoms with van der Waals surface area (Å²) < 4.78 is 25.3. The number of alkyl halides is 2. The molecule has 1 aliphatic heterocycles. The molecule has 1 aliphatic rings. The van der Waals surface area contributed by atoms with Crippen molar-refractivity contribution >= 4 is 29.0 Å². The first-order valence-electron chi connectivity index (χ1n) is 8.10. The molecule has 1 N–H and O–H groups in total. The number of aromatic nitrogens is 1. The summed E-state index contributed by atoms with van der Waals surface area (Å²) in [6, 6.07) is 7.31. The lowest BCUT2D eigenvalue weighted by Crippen LogP contribution is -2.36. The van der Waals surface area contributed by atoms with Crippen molar-refractivity contribution in [1.29, 1.82) is 0 Å². The zero-order valence-electron chi connectivity index (χ0n) is 13.5.